The number of hydrogen-bond donors (Lipinski definition) is 1. The van der Waals surface area contributed by atoms with E-state index in [0.29, 0.717) is 11.6 Å². The molecule has 0 aliphatic rings. The molecule has 1 N–H and O–H groups in total. The quantitative estimate of drug-likeness (QED) is 0.739. The van der Waals surface area contributed by atoms with Crippen LogP contribution in [0.3, 0.4) is 0 Å². The Morgan fingerprint density at radius 1 is 1.10 bits per heavy atom. The van der Waals surface area contributed by atoms with E-state index in [1.165, 1.54) is 0 Å². The predicted molar refractivity (Wildman–Crippen MR) is 86.6 cm³/mol. The summed E-state index contributed by atoms with van der Waals surface area (Å²) in [6.45, 7) is 1.71. The van der Waals surface area contributed by atoms with Crippen molar-refractivity contribution in [3.63, 3.8) is 0 Å². The Kier molecular flexibility index (Phi) is 3.90. The lowest BCUT2D eigenvalue weighted by atomic mass is 10.1. The van der Waals surface area contributed by atoms with E-state index in [1.54, 1.807) is 19.2 Å². The van der Waals surface area contributed by atoms with E-state index in [0.717, 1.165) is 20.8 Å². The van der Waals surface area contributed by atoms with Gasteiger partial charge in [-0.2, -0.15) is 0 Å². The number of halogens is 1. The number of hydrogen-bond acceptors (Lipinski definition) is 3. The molecule has 0 aliphatic carbocycles. The first-order valence-corrected chi connectivity index (χ1v) is 7.43. The fourth-order valence-electron chi connectivity index (χ4n) is 2.10. The van der Waals surface area contributed by atoms with Gasteiger partial charge in [0.05, 0.1) is 10.6 Å². The van der Waals surface area contributed by atoms with E-state index >= 15 is 0 Å². The minimum atomic E-state index is -0.529. The summed E-state index contributed by atoms with van der Waals surface area (Å²) in [5.41, 5.74) is 0.764. The highest BCUT2D eigenvalue weighted by Crippen LogP contribution is 2.35. The Labute approximate surface area is 131 Å². The lowest BCUT2D eigenvalue weighted by molar-refractivity contribution is 0.198. The molecule has 0 bridgehead atoms. The second kappa shape index (κ2) is 5.84. The van der Waals surface area contributed by atoms with E-state index in [9.17, 15) is 5.11 Å². The van der Waals surface area contributed by atoms with Crippen LogP contribution in [-0.2, 0) is 0 Å². The number of pyridine rings is 1. The molecule has 4 heteroatoms. The van der Waals surface area contributed by atoms with E-state index in [2.05, 4.69) is 27.0 Å². The molecule has 0 spiro atoms. The van der Waals surface area contributed by atoms with Crippen molar-refractivity contribution >= 4 is 26.7 Å². The van der Waals surface area contributed by atoms with Crippen molar-refractivity contribution in [1.82, 2.24) is 4.98 Å². The smallest absolute Gasteiger partial charge is 0.219 e. The number of aromatic nitrogens is 1. The van der Waals surface area contributed by atoms with E-state index in [4.69, 9.17) is 4.74 Å². The molecule has 2 aromatic carbocycles. The van der Waals surface area contributed by atoms with Crippen molar-refractivity contribution in [3.05, 3.63) is 64.8 Å². The van der Waals surface area contributed by atoms with Gasteiger partial charge in [0, 0.05) is 12.3 Å². The van der Waals surface area contributed by atoms with Gasteiger partial charge in [-0.05, 0) is 51.3 Å². The summed E-state index contributed by atoms with van der Waals surface area (Å²) in [6, 6.07) is 15.6. The Morgan fingerprint density at radius 3 is 2.62 bits per heavy atom. The summed E-state index contributed by atoms with van der Waals surface area (Å²) in [6.07, 6.45) is 1.09. The molecule has 3 nitrogen and oxygen atoms in total. The van der Waals surface area contributed by atoms with Crippen molar-refractivity contribution in [2.45, 2.75) is 13.0 Å². The summed E-state index contributed by atoms with van der Waals surface area (Å²) in [5, 5.41) is 11.7. The molecule has 0 radical (unpaired) electrons. The predicted octanol–water partition coefficient (Wildman–Crippen LogP) is 4.84. The standard InChI is InChI=1S/C17H14BrNO2/c1-11(20)13-7-9-16(19-10-13)21-15-8-6-12-4-2-3-5-14(12)17(15)18/h2-11,20H,1H3/t11-/m0/s1. The number of fused-ring (bicyclic) bond motifs is 1. The van der Waals surface area contributed by atoms with Crippen LogP contribution in [0.5, 0.6) is 11.6 Å². The zero-order chi connectivity index (χ0) is 14.8. The Balaban J connectivity index is 1.92. The van der Waals surface area contributed by atoms with Crippen LogP contribution in [0.1, 0.15) is 18.6 Å². The molecular weight excluding hydrogens is 330 g/mol. The minimum absolute atomic E-state index is 0.496. The number of benzene rings is 2. The van der Waals surface area contributed by atoms with Gasteiger partial charge in [0.2, 0.25) is 5.88 Å². The second-order valence-corrected chi connectivity index (χ2v) is 5.60. The maximum Gasteiger partial charge on any atom is 0.219 e. The zero-order valence-electron chi connectivity index (χ0n) is 11.5. The summed E-state index contributed by atoms with van der Waals surface area (Å²) in [4.78, 5) is 4.21. The molecule has 3 aromatic rings. The van der Waals surface area contributed by atoms with Crippen LogP contribution in [0.15, 0.2) is 59.2 Å². The summed E-state index contributed by atoms with van der Waals surface area (Å²) in [5.74, 6) is 1.21. The molecule has 1 atom stereocenters. The summed E-state index contributed by atoms with van der Waals surface area (Å²) in [7, 11) is 0. The molecule has 106 valence electrons. The Bertz CT molecular complexity index is 769. The van der Waals surface area contributed by atoms with E-state index < -0.39 is 6.10 Å². The fraction of sp³-hybridized carbons (Fsp3) is 0.118. The first-order chi connectivity index (χ1) is 10.1. The van der Waals surface area contributed by atoms with Gasteiger partial charge in [-0.25, -0.2) is 4.98 Å². The number of rotatable bonds is 3. The summed E-state index contributed by atoms with van der Waals surface area (Å²) >= 11 is 3.58. The number of aliphatic hydroxyl groups is 1. The highest BCUT2D eigenvalue weighted by Gasteiger charge is 2.08. The van der Waals surface area contributed by atoms with Crippen LogP contribution in [0, 0.1) is 0 Å². The third-order valence-corrected chi connectivity index (χ3v) is 4.10. The number of ether oxygens (including phenoxy) is 1. The largest absolute Gasteiger partial charge is 0.438 e. The maximum absolute atomic E-state index is 9.48. The highest BCUT2D eigenvalue weighted by atomic mass is 79.9. The summed E-state index contributed by atoms with van der Waals surface area (Å²) < 4.78 is 6.72. The van der Waals surface area contributed by atoms with Crippen molar-refractivity contribution in [2.24, 2.45) is 0 Å². The van der Waals surface area contributed by atoms with Gasteiger partial charge >= 0.3 is 0 Å². The third kappa shape index (κ3) is 2.91. The van der Waals surface area contributed by atoms with Gasteiger partial charge in [0.25, 0.3) is 0 Å². The lowest BCUT2D eigenvalue weighted by Gasteiger charge is -2.10. The first kappa shape index (κ1) is 14.0. The molecule has 0 saturated heterocycles. The third-order valence-electron chi connectivity index (χ3n) is 3.28. The average Bonchev–Trinajstić information content (AvgIpc) is 2.51. The van der Waals surface area contributed by atoms with Crippen LogP contribution in [0.2, 0.25) is 0 Å². The Morgan fingerprint density at radius 2 is 1.90 bits per heavy atom. The molecule has 0 fully saturated rings. The van der Waals surface area contributed by atoms with Gasteiger partial charge in [-0.3, -0.25) is 0 Å². The SMILES string of the molecule is C[C@H](O)c1ccc(Oc2ccc3ccccc3c2Br)nc1. The van der Waals surface area contributed by atoms with Crippen molar-refractivity contribution in [3.8, 4) is 11.6 Å². The maximum atomic E-state index is 9.48. The average molecular weight is 344 g/mol. The molecule has 3 rings (SSSR count). The zero-order valence-corrected chi connectivity index (χ0v) is 13.0. The molecule has 1 aromatic heterocycles. The van der Waals surface area contributed by atoms with Gasteiger partial charge in [0.15, 0.2) is 0 Å². The van der Waals surface area contributed by atoms with E-state index in [1.807, 2.05) is 36.4 Å². The Hall–Kier alpha value is -1.91. The van der Waals surface area contributed by atoms with Gasteiger partial charge in [-0.15, -0.1) is 0 Å². The normalized spacial score (nSPS) is 12.3. The molecule has 1 heterocycles. The molecule has 0 amide bonds. The van der Waals surface area contributed by atoms with Crippen molar-refractivity contribution in [1.29, 1.82) is 0 Å². The van der Waals surface area contributed by atoms with Crippen LogP contribution in [0.4, 0.5) is 0 Å². The van der Waals surface area contributed by atoms with Gasteiger partial charge < -0.3 is 9.84 Å². The van der Waals surface area contributed by atoms with Gasteiger partial charge in [0.1, 0.15) is 5.75 Å². The molecule has 0 saturated carbocycles. The molecule has 0 aliphatic heterocycles. The van der Waals surface area contributed by atoms with Gasteiger partial charge in [-0.1, -0.05) is 30.3 Å². The lowest BCUT2D eigenvalue weighted by Crippen LogP contribution is -1.94. The monoisotopic (exact) mass is 343 g/mol. The second-order valence-electron chi connectivity index (χ2n) is 4.81. The van der Waals surface area contributed by atoms with Crippen LogP contribution in [0.25, 0.3) is 10.8 Å². The topological polar surface area (TPSA) is 42.4 Å². The van der Waals surface area contributed by atoms with Crippen molar-refractivity contribution in [2.75, 3.05) is 0 Å². The van der Waals surface area contributed by atoms with Crippen LogP contribution >= 0.6 is 15.9 Å². The first-order valence-electron chi connectivity index (χ1n) is 6.64. The molecule has 0 unspecified atom stereocenters. The number of aliphatic hydroxyl groups excluding tert-OH is 1. The van der Waals surface area contributed by atoms with Crippen LogP contribution in [-0.4, -0.2) is 10.1 Å². The highest BCUT2D eigenvalue weighted by molar-refractivity contribution is 9.10. The van der Waals surface area contributed by atoms with E-state index in [-0.39, 0.29) is 0 Å². The molecular formula is C17H14BrNO2. The fourth-order valence-corrected chi connectivity index (χ4v) is 2.68. The minimum Gasteiger partial charge on any atom is -0.438 e. The van der Waals surface area contributed by atoms with Crippen LogP contribution < -0.4 is 4.74 Å². The van der Waals surface area contributed by atoms with Crippen molar-refractivity contribution < 1.29 is 9.84 Å². The molecule has 21 heavy (non-hydrogen) atoms. The number of nitrogens with zero attached hydrogens (tertiary/aromatic N) is 1.